The van der Waals surface area contributed by atoms with Gasteiger partial charge in [0.1, 0.15) is 17.2 Å². The monoisotopic (exact) mass is 533 g/mol. The number of likely N-dealkylation sites (tertiary alicyclic amines) is 1. The van der Waals surface area contributed by atoms with Crippen LogP contribution < -0.4 is 14.8 Å². The van der Waals surface area contributed by atoms with E-state index in [4.69, 9.17) is 13.9 Å². The topological polar surface area (TPSA) is 120 Å². The number of thiazole rings is 1. The van der Waals surface area contributed by atoms with E-state index in [9.17, 15) is 9.59 Å². The largest absolute Gasteiger partial charge is 0.480 e. The van der Waals surface area contributed by atoms with Crippen LogP contribution in [0.15, 0.2) is 52.3 Å². The summed E-state index contributed by atoms with van der Waals surface area (Å²) < 4.78 is 17.8. The summed E-state index contributed by atoms with van der Waals surface area (Å²) in [6.07, 6.45) is -0.0482. The van der Waals surface area contributed by atoms with Crippen molar-refractivity contribution in [2.24, 2.45) is 0 Å². The van der Waals surface area contributed by atoms with E-state index in [2.05, 4.69) is 20.5 Å². The predicted molar refractivity (Wildman–Crippen MR) is 142 cm³/mol. The zero-order valence-electron chi connectivity index (χ0n) is 21.4. The SMILES string of the molecule is Cc1csc(NC(=O)c2cc(Oc3ccc(-c4nnc(C(C)C)o4)cc3)cc(OC3CCN(C)C3=O)c2)n1. The van der Waals surface area contributed by atoms with Gasteiger partial charge in [0.2, 0.25) is 11.8 Å². The highest BCUT2D eigenvalue weighted by Gasteiger charge is 2.31. The lowest BCUT2D eigenvalue weighted by Crippen LogP contribution is -2.29. The lowest BCUT2D eigenvalue weighted by atomic mass is 10.1. The lowest BCUT2D eigenvalue weighted by Gasteiger charge is -2.15. The Balaban J connectivity index is 1.38. The van der Waals surface area contributed by atoms with Crippen molar-refractivity contribution in [1.82, 2.24) is 20.1 Å². The molecule has 1 aliphatic heterocycles. The van der Waals surface area contributed by atoms with Crippen LogP contribution >= 0.6 is 11.3 Å². The molecule has 3 heterocycles. The van der Waals surface area contributed by atoms with Crippen molar-refractivity contribution in [3.63, 3.8) is 0 Å². The Morgan fingerprint density at radius 2 is 1.89 bits per heavy atom. The summed E-state index contributed by atoms with van der Waals surface area (Å²) in [5, 5.41) is 13.3. The number of aryl methyl sites for hydroxylation is 1. The van der Waals surface area contributed by atoms with Gasteiger partial charge in [0.15, 0.2) is 11.2 Å². The smallest absolute Gasteiger partial charge is 0.263 e. The minimum atomic E-state index is -0.614. The van der Waals surface area contributed by atoms with Crippen LogP contribution in [0, 0.1) is 6.92 Å². The summed E-state index contributed by atoms with van der Waals surface area (Å²) >= 11 is 1.34. The molecular formula is C27H27N5O5S. The first kappa shape index (κ1) is 25.4. The van der Waals surface area contributed by atoms with Crippen molar-refractivity contribution in [3.05, 3.63) is 65.0 Å². The molecule has 5 rings (SSSR count). The molecule has 1 fully saturated rings. The van der Waals surface area contributed by atoms with Crippen molar-refractivity contribution in [2.45, 2.75) is 39.2 Å². The molecule has 11 heteroatoms. The third kappa shape index (κ3) is 5.67. The van der Waals surface area contributed by atoms with Gasteiger partial charge in [-0.15, -0.1) is 21.5 Å². The number of amides is 2. The van der Waals surface area contributed by atoms with E-state index >= 15 is 0 Å². The average Bonchev–Trinajstić information content (AvgIpc) is 3.62. The molecule has 1 aliphatic rings. The zero-order valence-corrected chi connectivity index (χ0v) is 22.2. The molecule has 0 bridgehead atoms. The molecule has 1 saturated heterocycles. The molecule has 196 valence electrons. The minimum absolute atomic E-state index is 0.0992. The fraction of sp³-hybridized carbons (Fsp3) is 0.296. The highest BCUT2D eigenvalue weighted by molar-refractivity contribution is 7.13. The maximum atomic E-state index is 13.0. The van der Waals surface area contributed by atoms with Crippen molar-refractivity contribution >= 4 is 28.3 Å². The van der Waals surface area contributed by atoms with Crippen LogP contribution in [0.25, 0.3) is 11.5 Å². The van der Waals surface area contributed by atoms with Crippen LogP contribution in [-0.2, 0) is 4.79 Å². The van der Waals surface area contributed by atoms with Crippen molar-refractivity contribution in [2.75, 3.05) is 18.9 Å². The Bertz CT molecular complexity index is 1460. The van der Waals surface area contributed by atoms with E-state index in [0.29, 0.717) is 52.7 Å². The number of rotatable bonds is 8. The molecule has 1 N–H and O–H groups in total. The number of aromatic nitrogens is 3. The van der Waals surface area contributed by atoms with Crippen molar-refractivity contribution in [3.8, 4) is 28.7 Å². The number of nitrogens with zero attached hydrogens (tertiary/aromatic N) is 4. The standard InChI is InChI=1S/C27H27N5O5S/c1-15(2)24-30-31-25(37-24)17-5-7-19(8-6-17)35-20-11-18(23(33)29-27-28-16(3)14-38-27)12-21(13-20)36-22-9-10-32(4)26(22)34/h5-8,11-15,22H,9-10H2,1-4H3,(H,28,29,33). The average molecular weight is 534 g/mol. The molecule has 4 aromatic rings. The van der Waals surface area contributed by atoms with Gasteiger partial charge in [-0.05, 0) is 43.3 Å². The van der Waals surface area contributed by atoms with Gasteiger partial charge in [-0.2, -0.15) is 0 Å². The molecule has 2 aromatic carbocycles. The van der Waals surface area contributed by atoms with Crippen LogP contribution in [0.3, 0.4) is 0 Å². The van der Waals surface area contributed by atoms with Crippen LogP contribution in [-0.4, -0.2) is 51.6 Å². The summed E-state index contributed by atoms with van der Waals surface area (Å²) in [6.45, 7) is 6.44. The molecule has 38 heavy (non-hydrogen) atoms. The molecule has 2 aromatic heterocycles. The number of nitrogens with one attached hydrogen (secondary N) is 1. The van der Waals surface area contributed by atoms with Crippen LogP contribution in [0.4, 0.5) is 5.13 Å². The number of hydrogen-bond donors (Lipinski definition) is 1. The Hall–Kier alpha value is -4.25. The van der Waals surface area contributed by atoms with Gasteiger partial charge in [-0.25, -0.2) is 4.98 Å². The second kappa shape index (κ2) is 10.6. The number of anilines is 1. The number of ether oxygens (including phenoxy) is 2. The van der Waals surface area contributed by atoms with E-state index in [1.54, 1.807) is 42.3 Å². The fourth-order valence-corrected chi connectivity index (χ4v) is 4.54. The Labute approximate surface area is 223 Å². The Morgan fingerprint density at radius 1 is 1.13 bits per heavy atom. The number of carbonyl (C=O) groups excluding carboxylic acids is 2. The molecule has 0 spiro atoms. The van der Waals surface area contributed by atoms with E-state index in [1.807, 2.05) is 38.3 Å². The van der Waals surface area contributed by atoms with Crippen molar-refractivity contribution < 1.29 is 23.5 Å². The zero-order chi connectivity index (χ0) is 26.8. The Morgan fingerprint density at radius 3 is 2.53 bits per heavy atom. The third-order valence-electron chi connectivity index (χ3n) is 5.91. The second-order valence-electron chi connectivity index (χ2n) is 9.32. The molecule has 2 amide bonds. The molecule has 10 nitrogen and oxygen atoms in total. The van der Waals surface area contributed by atoms with Crippen LogP contribution in [0.2, 0.25) is 0 Å². The Kier molecular flexibility index (Phi) is 7.10. The summed E-state index contributed by atoms with van der Waals surface area (Å²) in [5.41, 5.74) is 1.89. The molecule has 0 radical (unpaired) electrons. The number of carbonyl (C=O) groups is 2. The maximum absolute atomic E-state index is 13.0. The van der Waals surface area contributed by atoms with Crippen molar-refractivity contribution in [1.29, 1.82) is 0 Å². The summed E-state index contributed by atoms with van der Waals surface area (Å²) in [6, 6.07) is 12.1. The molecular weight excluding hydrogens is 506 g/mol. The van der Waals surface area contributed by atoms with Crippen LogP contribution in [0.5, 0.6) is 17.2 Å². The molecule has 0 saturated carbocycles. The van der Waals surface area contributed by atoms with E-state index < -0.39 is 6.10 Å². The van der Waals surface area contributed by atoms with Gasteiger partial charge in [-0.1, -0.05) is 13.8 Å². The maximum Gasteiger partial charge on any atom is 0.263 e. The van der Waals surface area contributed by atoms with E-state index in [1.165, 1.54) is 11.3 Å². The third-order valence-corrected chi connectivity index (χ3v) is 6.79. The van der Waals surface area contributed by atoms with Gasteiger partial charge in [0.25, 0.3) is 11.8 Å². The first-order chi connectivity index (χ1) is 18.2. The van der Waals surface area contributed by atoms with Gasteiger partial charge in [0.05, 0.1) is 5.69 Å². The first-order valence-corrected chi connectivity index (χ1v) is 13.0. The molecule has 0 aliphatic carbocycles. The summed E-state index contributed by atoms with van der Waals surface area (Å²) in [5.74, 6) is 1.96. The highest BCUT2D eigenvalue weighted by Crippen LogP contribution is 2.31. The van der Waals surface area contributed by atoms with Gasteiger partial charge in [0, 0.05) is 48.5 Å². The number of likely N-dealkylation sites (N-methyl/N-ethyl adjacent to an activating group) is 1. The van der Waals surface area contributed by atoms with Gasteiger partial charge >= 0.3 is 0 Å². The predicted octanol–water partition coefficient (Wildman–Crippen LogP) is 5.28. The lowest BCUT2D eigenvalue weighted by molar-refractivity contribution is -0.132. The normalized spacial score (nSPS) is 15.2. The quantitative estimate of drug-likeness (QED) is 0.325. The van der Waals surface area contributed by atoms with Gasteiger partial charge < -0.3 is 18.8 Å². The first-order valence-electron chi connectivity index (χ1n) is 12.2. The fourth-order valence-electron chi connectivity index (χ4n) is 3.86. The number of hydrogen-bond acceptors (Lipinski definition) is 9. The van der Waals surface area contributed by atoms with E-state index in [0.717, 1.165) is 11.3 Å². The van der Waals surface area contributed by atoms with E-state index in [-0.39, 0.29) is 17.7 Å². The molecule has 1 unspecified atom stereocenters. The number of benzene rings is 2. The van der Waals surface area contributed by atoms with Crippen LogP contribution in [0.1, 0.15) is 48.1 Å². The molecule has 1 atom stereocenters. The van der Waals surface area contributed by atoms with Gasteiger partial charge in [-0.3, -0.25) is 14.9 Å². The highest BCUT2D eigenvalue weighted by atomic mass is 32.1. The summed E-state index contributed by atoms with van der Waals surface area (Å²) in [7, 11) is 1.74. The minimum Gasteiger partial charge on any atom is -0.480 e. The second-order valence-corrected chi connectivity index (χ2v) is 10.2. The summed E-state index contributed by atoms with van der Waals surface area (Å²) in [4.78, 5) is 31.3.